The van der Waals surface area contributed by atoms with Crippen molar-refractivity contribution in [2.75, 3.05) is 14.2 Å². The van der Waals surface area contributed by atoms with E-state index in [9.17, 15) is 13.2 Å². The average Bonchev–Trinajstić information content (AvgIpc) is 2.58. The van der Waals surface area contributed by atoms with Gasteiger partial charge in [0.15, 0.2) is 0 Å². The summed E-state index contributed by atoms with van der Waals surface area (Å²) in [6.07, 6.45) is 5.53. The molecule has 7 heteroatoms. The molecule has 0 saturated heterocycles. The van der Waals surface area contributed by atoms with Gasteiger partial charge in [0.05, 0.1) is 12.0 Å². The van der Waals surface area contributed by atoms with E-state index in [-0.39, 0.29) is 16.8 Å². The van der Waals surface area contributed by atoms with Crippen LogP contribution in [0, 0.1) is 0 Å². The van der Waals surface area contributed by atoms with Gasteiger partial charge in [-0.15, -0.1) is 0 Å². The van der Waals surface area contributed by atoms with E-state index in [1.165, 1.54) is 39.1 Å². The van der Waals surface area contributed by atoms with Crippen LogP contribution in [0.2, 0.25) is 0 Å². The van der Waals surface area contributed by atoms with Crippen LogP contribution in [0.25, 0.3) is 0 Å². The van der Waals surface area contributed by atoms with Crippen molar-refractivity contribution in [3.63, 3.8) is 0 Å². The molecule has 0 aliphatic carbocycles. The Morgan fingerprint density at radius 3 is 2.62 bits per heavy atom. The number of rotatable bonds is 10. The molecule has 0 aromatic heterocycles. The first-order valence-corrected chi connectivity index (χ1v) is 9.71. The summed E-state index contributed by atoms with van der Waals surface area (Å²) in [5.41, 5.74) is 0.320. The summed E-state index contributed by atoms with van der Waals surface area (Å²) < 4.78 is 25.2. The highest BCUT2D eigenvalue weighted by molar-refractivity contribution is 7.89. The maximum Gasteiger partial charge on any atom is 0.264 e. The zero-order valence-corrected chi connectivity index (χ0v) is 15.7. The second-order valence-corrected chi connectivity index (χ2v) is 7.78. The van der Waals surface area contributed by atoms with Crippen LogP contribution in [0.3, 0.4) is 0 Å². The summed E-state index contributed by atoms with van der Waals surface area (Å²) >= 11 is 0. The molecule has 0 bridgehead atoms. The van der Waals surface area contributed by atoms with Gasteiger partial charge in [0.25, 0.3) is 15.9 Å². The largest absolute Gasteiger partial charge is 0.350 e. The fraction of sp³-hybridized carbons (Fsp3) is 0.588. The van der Waals surface area contributed by atoms with E-state index >= 15 is 0 Å². The van der Waals surface area contributed by atoms with Gasteiger partial charge < -0.3 is 5.32 Å². The van der Waals surface area contributed by atoms with E-state index in [0.29, 0.717) is 5.56 Å². The summed E-state index contributed by atoms with van der Waals surface area (Å²) in [5, 5.41) is 2.92. The van der Waals surface area contributed by atoms with Gasteiger partial charge in [0, 0.05) is 18.7 Å². The molecule has 0 radical (unpaired) electrons. The number of carbonyl (C=O) groups excluding carboxylic acids is 1. The minimum atomic E-state index is -3.76. The number of hydrogen-bond acceptors (Lipinski definition) is 4. The fourth-order valence-electron chi connectivity index (χ4n) is 2.30. The number of benzene rings is 1. The minimum Gasteiger partial charge on any atom is -0.350 e. The summed E-state index contributed by atoms with van der Waals surface area (Å²) in [7, 11) is -1.18. The van der Waals surface area contributed by atoms with Crippen molar-refractivity contribution in [2.45, 2.75) is 56.9 Å². The lowest BCUT2D eigenvalue weighted by Gasteiger charge is -2.16. The third kappa shape index (κ3) is 5.89. The van der Waals surface area contributed by atoms with Gasteiger partial charge in [0.2, 0.25) is 0 Å². The second-order valence-electron chi connectivity index (χ2n) is 5.85. The zero-order chi connectivity index (χ0) is 18.2. The van der Waals surface area contributed by atoms with Gasteiger partial charge in [-0.3, -0.25) is 9.63 Å². The number of carbonyl (C=O) groups is 1. The van der Waals surface area contributed by atoms with Crippen LogP contribution in [0.15, 0.2) is 29.2 Å². The minimum absolute atomic E-state index is 0.0232. The number of hydroxylamine groups is 1. The zero-order valence-electron chi connectivity index (χ0n) is 14.9. The molecule has 1 rings (SSSR count). The van der Waals surface area contributed by atoms with E-state index < -0.39 is 10.0 Å². The van der Waals surface area contributed by atoms with Gasteiger partial charge in [-0.2, -0.15) is 0 Å². The van der Waals surface area contributed by atoms with E-state index in [0.717, 1.165) is 23.7 Å². The smallest absolute Gasteiger partial charge is 0.264 e. The van der Waals surface area contributed by atoms with Crippen molar-refractivity contribution in [2.24, 2.45) is 0 Å². The van der Waals surface area contributed by atoms with Crippen molar-refractivity contribution < 1.29 is 18.0 Å². The van der Waals surface area contributed by atoms with E-state index in [1.54, 1.807) is 12.1 Å². The van der Waals surface area contributed by atoms with Gasteiger partial charge in [-0.25, -0.2) is 8.42 Å². The Balaban J connectivity index is 2.74. The third-order valence-electron chi connectivity index (χ3n) is 3.86. The Morgan fingerprint density at radius 2 is 2.00 bits per heavy atom. The fourth-order valence-corrected chi connectivity index (χ4v) is 3.32. The van der Waals surface area contributed by atoms with Crippen molar-refractivity contribution in [3.05, 3.63) is 29.8 Å². The number of unbranched alkanes of at least 4 members (excludes halogenated alkanes) is 3. The number of hydrogen-bond donors (Lipinski definition) is 1. The first kappa shape index (κ1) is 20.6. The molecular formula is C17H28N2O4S. The molecule has 136 valence electrons. The van der Waals surface area contributed by atoms with E-state index in [4.69, 9.17) is 4.84 Å². The summed E-state index contributed by atoms with van der Waals surface area (Å²) in [5.74, 6) is -0.268. The van der Waals surface area contributed by atoms with Gasteiger partial charge >= 0.3 is 0 Å². The van der Waals surface area contributed by atoms with E-state index in [1.807, 2.05) is 6.92 Å². The third-order valence-corrected chi connectivity index (χ3v) is 5.53. The Bertz CT molecular complexity index is 631. The van der Waals surface area contributed by atoms with Crippen molar-refractivity contribution in [1.29, 1.82) is 0 Å². The molecule has 0 aliphatic rings. The molecular weight excluding hydrogens is 328 g/mol. The van der Waals surface area contributed by atoms with Crippen molar-refractivity contribution in [3.8, 4) is 0 Å². The second kappa shape index (κ2) is 9.76. The number of nitrogens with zero attached hydrogens (tertiary/aromatic N) is 1. The quantitative estimate of drug-likeness (QED) is 0.516. The molecule has 1 aromatic carbocycles. The van der Waals surface area contributed by atoms with Gasteiger partial charge in [-0.05, 0) is 31.5 Å². The Labute approximate surface area is 145 Å². The molecule has 0 aliphatic heterocycles. The molecule has 6 nitrogen and oxygen atoms in total. The first-order chi connectivity index (χ1) is 11.3. The lowest BCUT2D eigenvalue weighted by molar-refractivity contribution is -0.0258. The summed E-state index contributed by atoms with van der Waals surface area (Å²) in [4.78, 5) is 17.1. The van der Waals surface area contributed by atoms with Crippen molar-refractivity contribution in [1.82, 2.24) is 9.79 Å². The van der Waals surface area contributed by atoms with Crippen LogP contribution in [-0.2, 0) is 14.9 Å². The Hall–Kier alpha value is -1.44. The Morgan fingerprint density at radius 1 is 1.29 bits per heavy atom. The summed E-state index contributed by atoms with van der Waals surface area (Å²) in [6.45, 7) is 4.12. The van der Waals surface area contributed by atoms with E-state index in [2.05, 4.69) is 12.2 Å². The molecule has 1 aromatic rings. The molecule has 1 N–H and O–H groups in total. The lowest BCUT2D eigenvalue weighted by Crippen LogP contribution is -2.32. The molecule has 0 fully saturated rings. The maximum absolute atomic E-state index is 12.3. The molecule has 1 atom stereocenters. The predicted octanol–water partition coefficient (Wildman–Crippen LogP) is 2.96. The summed E-state index contributed by atoms with van der Waals surface area (Å²) in [6, 6.07) is 6.01. The van der Waals surface area contributed by atoms with Crippen molar-refractivity contribution >= 4 is 15.9 Å². The molecule has 1 amide bonds. The van der Waals surface area contributed by atoms with Gasteiger partial charge in [0.1, 0.15) is 0 Å². The molecule has 24 heavy (non-hydrogen) atoms. The van der Waals surface area contributed by atoms with Crippen LogP contribution in [-0.4, -0.2) is 39.0 Å². The molecule has 0 heterocycles. The van der Waals surface area contributed by atoms with Crippen LogP contribution in [0.1, 0.15) is 56.3 Å². The standard InChI is InChI=1S/C17H28N2O4S/c1-5-6-7-8-10-14(2)18-17(20)15-11-9-12-16(13-15)24(21,22)19(3)23-4/h9,11-14H,5-8,10H2,1-4H3,(H,18,20). The first-order valence-electron chi connectivity index (χ1n) is 8.26. The molecule has 1 unspecified atom stereocenters. The highest BCUT2D eigenvalue weighted by Crippen LogP contribution is 2.16. The number of amides is 1. The average molecular weight is 356 g/mol. The maximum atomic E-state index is 12.3. The van der Waals surface area contributed by atoms with Crippen LogP contribution in [0.4, 0.5) is 0 Å². The molecule has 0 spiro atoms. The van der Waals surface area contributed by atoms with Crippen LogP contribution in [0.5, 0.6) is 0 Å². The SMILES string of the molecule is CCCCCCC(C)NC(=O)c1cccc(S(=O)(=O)N(C)OC)c1. The number of nitrogens with one attached hydrogen (secondary N) is 1. The monoisotopic (exact) mass is 356 g/mol. The predicted molar refractivity (Wildman–Crippen MR) is 94.1 cm³/mol. The van der Waals surface area contributed by atoms with Gasteiger partial charge in [-0.1, -0.05) is 43.1 Å². The number of sulfonamides is 1. The van der Waals surface area contributed by atoms with Crippen LogP contribution >= 0.6 is 0 Å². The molecule has 0 saturated carbocycles. The Kier molecular flexibility index (Phi) is 8.38. The normalized spacial score (nSPS) is 13.0. The highest BCUT2D eigenvalue weighted by atomic mass is 32.2. The lowest BCUT2D eigenvalue weighted by atomic mass is 10.1. The highest BCUT2D eigenvalue weighted by Gasteiger charge is 2.22. The topological polar surface area (TPSA) is 75.7 Å². The van der Waals surface area contributed by atoms with Crippen LogP contribution < -0.4 is 5.32 Å².